The smallest absolute Gasteiger partial charge is 0.0450 e. The molecule has 2 unspecified atom stereocenters. The summed E-state index contributed by atoms with van der Waals surface area (Å²) in [6.07, 6.45) is 12.9. The molecule has 0 spiro atoms. The van der Waals surface area contributed by atoms with Crippen molar-refractivity contribution in [2.24, 2.45) is 0 Å². The number of hydrogen-bond acceptors (Lipinski definition) is 1. The van der Waals surface area contributed by atoms with Gasteiger partial charge < -0.3 is 4.90 Å². The maximum Gasteiger partial charge on any atom is 0.0450 e. The van der Waals surface area contributed by atoms with Crippen LogP contribution < -0.4 is 4.90 Å². The van der Waals surface area contributed by atoms with Gasteiger partial charge in [0.15, 0.2) is 0 Å². The van der Waals surface area contributed by atoms with Crippen LogP contribution >= 0.6 is 0 Å². The molecule has 0 saturated heterocycles. The third-order valence-electron chi connectivity index (χ3n) is 10.7. The van der Waals surface area contributed by atoms with E-state index in [0.29, 0.717) is 12.0 Å². The number of nitrogens with zero attached hydrogens (tertiary/aromatic N) is 1. The highest BCUT2D eigenvalue weighted by molar-refractivity contribution is 5.92. The molecule has 6 aromatic rings. The zero-order chi connectivity index (χ0) is 34.7. The van der Waals surface area contributed by atoms with Crippen LogP contribution in [0.5, 0.6) is 0 Å². The Labute approximate surface area is 304 Å². The first-order valence-electron chi connectivity index (χ1n) is 18.4. The third-order valence-corrected chi connectivity index (χ3v) is 10.7. The van der Waals surface area contributed by atoms with Crippen LogP contribution in [0.25, 0.3) is 23.3 Å². The molecule has 0 amide bonds. The Morgan fingerprint density at radius 2 is 1.10 bits per heavy atom. The van der Waals surface area contributed by atoms with Crippen LogP contribution in [0.4, 0.5) is 11.4 Å². The standard InChI is InChI=1S/C50H45N/c1-35-15-24-41(25-16-35)45(42-26-17-36(2)18-27-42)12-7-9-38-23-32-50-48(34-38)46-13-8-14-49(46)51(50)44-30-21-39(22-31-44)33-47(40-10-5-4-6-11-40)43-28-19-37(3)20-29-43/h4-7,9-12,15-34,46,49H,8,13-14H2,1-3H3/b9-7+,47-33+. The van der Waals surface area contributed by atoms with Gasteiger partial charge in [0, 0.05) is 23.3 Å². The molecule has 1 aliphatic carbocycles. The van der Waals surface area contributed by atoms with E-state index in [1.165, 1.54) is 97.4 Å². The van der Waals surface area contributed by atoms with Crippen molar-refractivity contribution in [3.05, 3.63) is 213 Å². The fourth-order valence-electron chi connectivity index (χ4n) is 7.98. The topological polar surface area (TPSA) is 3.24 Å². The highest BCUT2D eigenvalue weighted by Crippen LogP contribution is 2.52. The van der Waals surface area contributed by atoms with Crippen LogP contribution in [-0.2, 0) is 0 Å². The molecule has 1 aliphatic heterocycles. The number of allylic oxidation sites excluding steroid dienone is 2. The van der Waals surface area contributed by atoms with Crippen molar-refractivity contribution in [3.63, 3.8) is 0 Å². The van der Waals surface area contributed by atoms with E-state index in [9.17, 15) is 0 Å². The summed E-state index contributed by atoms with van der Waals surface area (Å²) in [5, 5.41) is 0. The van der Waals surface area contributed by atoms with Gasteiger partial charge in [-0.2, -0.15) is 0 Å². The highest BCUT2D eigenvalue weighted by Gasteiger charge is 2.42. The Morgan fingerprint density at radius 1 is 0.549 bits per heavy atom. The fraction of sp³-hybridized carbons (Fsp3) is 0.160. The lowest BCUT2D eigenvalue weighted by molar-refractivity contribution is 0.642. The summed E-state index contributed by atoms with van der Waals surface area (Å²) in [6.45, 7) is 6.43. The summed E-state index contributed by atoms with van der Waals surface area (Å²) >= 11 is 0. The molecule has 6 aromatic carbocycles. The van der Waals surface area contributed by atoms with Gasteiger partial charge in [0.25, 0.3) is 0 Å². The summed E-state index contributed by atoms with van der Waals surface area (Å²) in [5.74, 6) is 0.574. The van der Waals surface area contributed by atoms with Crippen molar-refractivity contribution in [1.29, 1.82) is 0 Å². The van der Waals surface area contributed by atoms with E-state index in [1.807, 2.05) is 0 Å². The van der Waals surface area contributed by atoms with Crippen LogP contribution in [0.1, 0.15) is 80.8 Å². The summed E-state index contributed by atoms with van der Waals surface area (Å²) in [6, 6.07) is 54.1. The van der Waals surface area contributed by atoms with Gasteiger partial charge in [-0.1, -0.05) is 163 Å². The van der Waals surface area contributed by atoms with Crippen molar-refractivity contribution in [3.8, 4) is 0 Å². The minimum absolute atomic E-state index is 0.516. The molecule has 51 heavy (non-hydrogen) atoms. The van der Waals surface area contributed by atoms with Crippen molar-refractivity contribution >= 4 is 34.7 Å². The van der Waals surface area contributed by atoms with E-state index < -0.39 is 0 Å². The van der Waals surface area contributed by atoms with E-state index in [2.05, 4.69) is 196 Å². The van der Waals surface area contributed by atoms with Gasteiger partial charge in [-0.15, -0.1) is 0 Å². The number of benzene rings is 6. The predicted molar refractivity (Wildman–Crippen MR) is 218 cm³/mol. The Bertz CT molecular complexity index is 2170. The maximum absolute atomic E-state index is 2.62. The molecule has 2 aliphatic rings. The zero-order valence-electron chi connectivity index (χ0n) is 29.9. The quantitative estimate of drug-likeness (QED) is 0.116. The van der Waals surface area contributed by atoms with Gasteiger partial charge in [0.2, 0.25) is 0 Å². The molecule has 1 nitrogen and oxygen atoms in total. The van der Waals surface area contributed by atoms with Gasteiger partial charge >= 0.3 is 0 Å². The molecule has 250 valence electrons. The first-order valence-corrected chi connectivity index (χ1v) is 18.4. The number of fused-ring (bicyclic) bond motifs is 3. The second-order valence-corrected chi connectivity index (χ2v) is 14.3. The molecule has 0 bridgehead atoms. The molecule has 1 heteroatoms. The van der Waals surface area contributed by atoms with Crippen molar-refractivity contribution in [1.82, 2.24) is 0 Å². The second kappa shape index (κ2) is 14.3. The lowest BCUT2D eigenvalue weighted by Gasteiger charge is -2.27. The van der Waals surface area contributed by atoms with Gasteiger partial charge in [-0.3, -0.25) is 0 Å². The molecular weight excluding hydrogens is 615 g/mol. The lowest BCUT2D eigenvalue weighted by Crippen LogP contribution is -2.26. The molecule has 1 heterocycles. The molecule has 0 radical (unpaired) electrons. The van der Waals surface area contributed by atoms with Crippen LogP contribution in [0.2, 0.25) is 0 Å². The monoisotopic (exact) mass is 659 g/mol. The zero-order valence-corrected chi connectivity index (χ0v) is 29.9. The predicted octanol–water partition coefficient (Wildman–Crippen LogP) is 13.1. The second-order valence-electron chi connectivity index (χ2n) is 14.3. The number of anilines is 2. The van der Waals surface area contributed by atoms with Crippen LogP contribution in [0.15, 0.2) is 158 Å². The van der Waals surface area contributed by atoms with Crippen LogP contribution in [0.3, 0.4) is 0 Å². The molecule has 2 atom stereocenters. The van der Waals surface area contributed by atoms with E-state index in [4.69, 9.17) is 0 Å². The summed E-state index contributed by atoms with van der Waals surface area (Å²) < 4.78 is 0. The van der Waals surface area contributed by atoms with Gasteiger partial charge in [0.05, 0.1) is 0 Å². The van der Waals surface area contributed by atoms with E-state index in [-0.39, 0.29) is 0 Å². The Balaban J connectivity index is 1.08. The van der Waals surface area contributed by atoms with E-state index >= 15 is 0 Å². The third kappa shape index (κ3) is 6.90. The van der Waals surface area contributed by atoms with Gasteiger partial charge in [-0.05, 0) is 114 Å². The largest absolute Gasteiger partial charge is 0.338 e. The molecular formula is C50H45N. The van der Waals surface area contributed by atoms with Crippen molar-refractivity contribution in [2.75, 3.05) is 4.90 Å². The van der Waals surface area contributed by atoms with Crippen molar-refractivity contribution in [2.45, 2.75) is 52.0 Å². The molecule has 0 N–H and O–H groups in total. The van der Waals surface area contributed by atoms with Gasteiger partial charge in [-0.25, -0.2) is 0 Å². The molecule has 8 rings (SSSR count). The summed E-state index contributed by atoms with van der Waals surface area (Å²) in [7, 11) is 0. The Hall–Kier alpha value is -5.66. The van der Waals surface area contributed by atoms with Crippen molar-refractivity contribution < 1.29 is 0 Å². The average Bonchev–Trinajstić information content (AvgIpc) is 3.76. The molecule has 1 saturated carbocycles. The minimum atomic E-state index is 0.516. The van der Waals surface area contributed by atoms with E-state index in [1.54, 1.807) is 0 Å². The van der Waals surface area contributed by atoms with Gasteiger partial charge in [0.1, 0.15) is 0 Å². The maximum atomic E-state index is 2.62. The minimum Gasteiger partial charge on any atom is -0.338 e. The first-order chi connectivity index (χ1) is 25.0. The number of hydrogen-bond donors (Lipinski definition) is 0. The Kier molecular flexibility index (Phi) is 9.12. The van der Waals surface area contributed by atoms with Crippen LogP contribution in [-0.4, -0.2) is 6.04 Å². The van der Waals surface area contributed by atoms with E-state index in [0.717, 1.165) is 0 Å². The average molecular weight is 660 g/mol. The number of rotatable bonds is 8. The fourth-order valence-corrected chi connectivity index (χ4v) is 7.98. The van der Waals surface area contributed by atoms with Crippen LogP contribution in [0, 0.1) is 20.8 Å². The summed E-state index contributed by atoms with van der Waals surface area (Å²) in [4.78, 5) is 2.62. The molecule has 1 fully saturated rings. The number of aryl methyl sites for hydroxylation is 3. The SMILES string of the molecule is Cc1ccc(C(=C/C=C/c2ccc3c(c2)C2CCCC2N3c2ccc(/C=C(\c3ccccc3)c3ccc(C)cc3)cc2)c2ccc(C)cc2)cc1. The summed E-state index contributed by atoms with van der Waals surface area (Å²) in [5.41, 5.74) is 17.9. The molecule has 0 aromatic heterocycles. The lowest BCUT2D eigenvalue weighted by atomic mass is 9.95. The highest BCUT2D eigenvalue weighted by atomic mass is 15.2. The first kappa shape index (κ1) is 32.5. The Morgan fingerprint density at radius 3 is 1.71 bits per heavy atom. The normalized spacial score (nSPS) is 16.7.